The molecule has 0 bridgehead atoms. The molecule has 3 N–H and O–H groups in total. The van der Waals surface area contributed by atoms with Crippen LogP contribution in [0.25, 0.3) is 10.9 Å². The summed E-state index contributed by atoms with van der Waals surface area (Å²) in [5, 5.41) is 7.52. The van der Waals surface area contributed by atoms with E-state index < -0.39 is 11.7 Å². The van der Waals surface area contributed by atoms with Gasteiger partial charge in [0.2, 0.25) is 0 Å². The molecule has 1 aliphatic rings. The molecule has 30 heavy (non-hydrogen) atoms. The maximum atomic E-state index is 12.9. The van der Waals surface area contributed by atoms with Gasteiger partial charge < -0.3 is 25.1 Å². The number of fused-ring (bicyclic) bond motifs is 1. The highest BCUT2D eigenvalue weighted by Gasteiger charge is 2.34. The van der Waals surface area contributed by atoms with Crippen LogP contribution in [0.4, 0.5) is 4.79 Å². The molecule has 2 unspecified atom stereocenters. The van der Waals surface area contributed by atoms with Crippen LogP contribution in [0.2, 0.25) is 5.02 Å². The van der Waals surface area contributed by atoms with Gasteiger partial charge in [0.25, 0.3) is 5.91 Å². The van der Waals surface area contributed by atoms with Crippen LogP contribution in [0.5, 0.6) is 0 Å². The van der Waals surface area contributed by atoms with E-state index in [1.54, 1.807) is 19.2 Å². The van der Waals surface area contributed by atoms with E-state index in [-0.39, 0.29) is 18.0 Å². The fraction of sp³-hybridized carbons (Fsp3) is 0.545. The first kappa shape index (κ1) is 22.4. The largest absolute Gasteiger partial charge is 0.444 e. The van der Waals surface area contributed by atoms with Crippen LogP contribution in [0.1, 0.15) is 50.5 Å². The second-order valence-electron chi connectivity index (χ2n) is 8.88. The van der Waals surface area contributed by atoms with E-state index in [9.17, 15) is 9.59 Å². The zero-order chi connectivity index (χ0) is 21.9. The van der Waals surface area contributed by atoms with Crippen LogP contribution >= 0.6 is 11.6 Å². The number of alkyl carbamates (subject to hydrolysis) is 1. The molecular formula is C22H30ClN3O4. The third kappa shape index (κ3) is 5.89. The molecule has 1 saturated carbocycles. The average Bonchev–Trinajstić information content (AvgIpc) is 3.05. The van der Waals surface area contributed by atoms with Crippen LogP contribution in [-0.2, 0) is 9.47 Å². The van der Waals surface area contributed by atoms with Crippen LogP contribution in [-0.4, -0.2) is 48.4 Å². The molecule has 0 spiro atoms. The van der Waals surface area contributed by atoms with Gasteiger partial charge in [0.1, 0.15) is 11.3 Å². The molecule has 2 aromatic rings. The monoisotopic (exact) mass is 435 g/mol. The lowest BCUT2D eigenvalue weighted by Crippen LogP contribution is -2.55. The first-order valence-corrected chi connectivity index (χ1v) is 10.6. The Kier molecular flexibility index (Phi) is 6.93. The molecule has 8 heteroatoms. The Labute approximate surface area is 181 Å². The van der Waals surface area contributed by atoms with Crippen molar-refractivity contribution < 1.29 is 19.1 Å². The van der Waals surface area contributed by atoms with Crippen molar-refractivity contribution in [3.8, 4) is 0 Å². The van der Waals surface area contributed by atoms with Gasteiger partial charge in [0, 0.05) is 35.7 Å². The Balaban J connectivity index is 1.71. The predicted octanol–water partition coefficient (Wildman–Crippen LogP) is 4.26. The Morgan fingerprint density at radius 2 is 1.93 bits per heavy atom. The van der Waals surface area contributed by atoms with Crippen molar-refractivity contribution in [2.75, 3.05) is 13.7 Å². The summed E-state index contributed by atoms with van der Waals surface area (Å²) in [5.74, 6) is 0.104. The van der Waals surface area contributed by atoms with Crippen LogP contribution < -0.4 is 10.6 Å². The van der Waals surface area contributed by atoms with Gasteiger partial charge in [-0.1, -0.05) is 11.6 Å². The van der Waals surface area contributed by atoms with Gasteiger partial charge in [-0.2, -0.15) is 0 Å². The van der Waals surface area contributed by atoms with Crippen LogP contribution in [0, 0.1) is 5.92 Å². The topological polar surface area (TPSA) is 92.5 Å². The number of aromatic amines is 1. The lowest BCUT2D eigenvalue weighted by molar-refractivity contribution is 0.0436. The lowest BCUT2D eigenvalue weighted by atomic mass is 9.82. The number of methoxy groups -OCH3 is 1. The summed E-state index contributed by atoms with van der Waals surface area (Å²) < 4.78 is 10.7. The number of carbonyl (C=O) groups is 2. The molecular weight excluding hydrogens is 406 g/mol. The number of hydrogen-bond acceptors (Lipinski definition) is 4. The number of rotatable bonds is 5. The van der Waals surface area contributed by atoms with Gasteiger partial charge in [0.05, 0.1) is 6.04 Å². The van der Waals surface area contributed by atoms with Crippen molar-refractivity contribution in [3.63, 3.8) is 0 Å². The van der Waals surface area contributed by atoms with E-state index in [1.807, 2.05) is 32.9 Å². The number of aromatic nitrogens is 1. The summed E-state index contributed by atoms with van der Waals surface area (Å²) in [6.07, 6.45) is 1.88. The molecule has 164 valence electrons. The SMILES string of the molecule is COC[C@H]1CCC(NC(=O)c2cc3cc(Cl)ccc3[nH]2)C(NC(=O)OC(C)(C)C)C1. The van der Waals surface area contributed by atoms with E-state index in [0.717, 1.165) is 23.7 Å². The Morgan fingerprint density at radius 1 is 1.17 bits per heavy atom. The lowest BCUT2D eigenvalue weighted by Gasteiger charge is -2.37. The number of amides is 2. The first-order valence-electron chi connectivity index (χ1n) is 10.2. The number of benzene rings is 1. The van der Waals surface area contributed by atoms with Crippen molar-refractivity contribution in [3.05, 3.63) is 35.0 Å². The van der Waals surface area contributed by atoms with Crippen molar-refractivity contribution in [2.24, 2.45) is 5.92 Å². The second-order valence-corrected chi connectivity index (χ2v) is 9.32. The van der Waals surface area contributed by atoms with E-state index in [1.165, 1.54) is 0 Å². The summed E-state index contributed by atoms with van der Waals surface area (Å²) in [6.45, 7) is 6.09. The molecule has 1 aliphatic carbocycles. The Morgan fingerprint density at radius 3 is 2.63 bits per heavy atom. The Hall–Kier alpha value is -2.25. The predicted molar refractivity (Wildman–Crippen MR) is 117 cm³/mol. The minimum absolute atomic E-state index is 0.201. The van der Waals surface area contributed by atoms with E-state index in [0.29, 0.717) is 29.7 Å². The van der Waals surface area contributed by atoms with Crippen LogP contribution in [0.15, 0.2) is 24.3 Å². The molecule has 1 fully saturated rings. The second kappa shape index (κ2) is 9.27. The number of H-pyrrole nitrogens is 1. The molecule has 0 saturated heterocycles. The highest BCUT2D eigenvalue weighted by Crippen LogP contribution is 2.26. The van der Waals surface area contributed by atoms with Crippen LogP contribution in [0.3, 0.4) is 0 Å². The third-order valence-electron chi connectivity index (χ3n) is 5.21. The molecule has 0 radical (unpaired) electrons. The number of hydrogen-bond donors (Lipinski definition) is 3. The number of nitrogens with one attached hydrogen (secondary N) is 3. The van der Waals surface area contributed by atoms with Gasteiger partial charge in [-0.3, -0.25) is 4.79 Å². The van der Waals surface area contributed by atoms with Crippen molar-refractivity contribution in [1.82, 2.24) is 15.6 Å². The minimum Gasteiger partial charge on any atom is -0.444 e. The van der Waals surface area contributed by atoms with E-state index >= 15 is 0 Å². The normalized spacial score (nSPS) is 22.0. The highest BCUT2D eigenvalue weighted by atomic mass is 35.5. The van der Waals surface area contributed by atoms with E-state index in [4.69, 9.17) is 21.1 Å². The van der Waals surface area contributed by atoms with Crippen molar-refractivity contribution >= 4 is 34.5 Å². The fourth-order valence-electron chi connectivity index (χ4n) is 3.91. The summed E-state index contributed by atoms with van der Waals surface area (Å²) in [4.78, 5) is 28.4. The van der Waals surface area contributed by atoms with E-state index in [2.05, 4.69) is 15.6 Å². The van der Waals surface area contributed by atoms with Gasteiger partial charge >= 0.3 is 6.09 Å². The maximum Gasteiger partial charge on any atom is 0.407 e. The van der Waals surface area contributed by atoms with Gasteiger partial charge in [-0.05, 0) is 70.2 Å². The molecule has 1 heterocycles. The third-order valence-corrected chi connectivity index (χ3v) is 5.44. The fourth-order valence-corrected chi connectivity index (χ4v) is 4.09. The molecule has 1 aromatic carbocycles. The maximum absolute atomic E-state index is 12.9. The molecule has 2 amide bonds. The highest BCUT2D eigenvalue weighted by molar-refractivity contribution is 6.31. The summed E-state index contributed by atoms with van der Waals surface area (Å²) in [6, 6.07) is 6.78. The molecule has 3 atom stereocenters. The first-order chi connectivity index (χ1) is 14.1. The molecule has 1 aromatic heterocycles. The van der Waals surface area contributed by atoms with Crippen molar-refractivity contribution in [1.29, 1.82) is 0 Å². The molecule has 7 nitrogen and oxygen atoms in total. The van der Waals surface area contributed by atoms with Gasteiger partial charge in [-0.15, -0.1) is 0 Å². The van der Waals surface area contributed by atoms with Gasteiger partial charge in [-0.25, -0.2) is 4.79 Å². The zero-order valence-corrected chi connectivity index (χ0v) is 18.6. The number of ether oxygens (including phenoxy) is 2. The summed E-state index contributed by atoms with van der Waals surface area (Å²) >= 11 is 6.04. The average molecular weight is 436 g/mol. The van der Waals surface area contributed by atoms with Gasteiger partial charge in [0.15, 0.2) is 0 Å². The number of halogens is 1. The summed E-state index contributed by atoms with van der Waals surface area (Å²) in [7, 11) is 1.67. The zero-order valence-electron chi connectivity index (χ0n) is 17.9. The standard InChI is InChI=1S/C22H30ClN3O4/c1-22(2,3)30-21(28)26-18-9-13(12-29-4)5-7-17(18)25-20(27)19-11-14-10-15(23)6-8-16(14)24-19/h6,8,10-11,13,17-18,24H,5,7,9,12H2,1-4H3,(H,25,27)(H,26,28)/t13-,17?,18?/m0/s1. The summed E-state index contributed by atoms with van der Waals surface area (Å²) in [5.41, 5.74) is 0.716. The smallest absolute Gasteiger partial charge is 0.407 e. The molecule has 3 rings (SSSR count). The number of carbonyl (C=O) groups excluding carboxylic acids is 2. The minimum atomic E-state index is -0.588. The van der Waals surface area contributed by atoms with Crippen molar-refractivity contribution in [2.45, 2.75) is 57.7 Å². The quantitative estimate of drug-likeness (QED) is 0.654. The molecule has 0 aliphatic heterocycles. The Bertz CT molecular complexity index is 905.